The maximum atomic E-state index is 12.9. The molecular weight excluding hydrogens is 371 g/mol. The number of rotatable bonds is 5. The zero-order valence-electron chi connectivity index (χ0n) is 15.1. The summed E-state index contributed by atoms with van der Waals surface area (Å²) in [4.78, 5) is 16.3. The van der Waals surface area contributed by atoms with E-state index >= 15 is 0 Å². The summed E-state index contributed by atoms with van der Waals surface area (Å²) in [6.45, 7) is 3.87. The van der Waals surface area contributed by atoms with Gasteiger partial charge < -0.3 is 16.4 Å². The smallest absolute Gasteiger partial charge is 0.384 e. The lowest BCUT2D eigenvalue weighted by atomic mass is 10.3. The quantitative estimate of drug-likeness (QED) is 0.604. The topological polar surface area (TPSA) is 102 Å². The zero-order chi connectivity index (χ0) is 20.3. The fourth-order valence-electron chi connectivity index (χ4n) is 2.38. The summed E-state index contributed by atoms with van der Waals surface area (Å²) in [6.07, 6.45) is -3.45. The molecule has 0 spiro atoms. The fraction of sp³-hybridized carbons (Fsp3) is 0.222. The van der Waals surface area contributed by atoms with Gasteiger partial charge >= 0.3 is 6.18 Å². The second-order valence-corrected chi connectivity index (χ2v) is 6.26. The summed E-state index contributed by atoms with van der Waals surface area (Å²) < 4.78 is 38.7. The molecule has 0 bridgehead atoms. The Kier molecular flexibility index (Phi) is 5.30. The van der Waals surface area contributed by atoms with Crippen molar-refractivity contribution in [2.75, 3.05) is 16.4 Å². The van der Waals surface area contributed by atoms with Crippen LogP contribution < -0.4 is 16.4 Å². The van der Waals surface area contributed by atoms with Crippen molar-refractivity contribution in [3.8, 4) is 11.5 Å². The number of nitrogens with zero attached hydrogens (tertiary/aromatic N) is 4. The van der Waals surface area contributed by atoms with Gasteiger partial charge in [-0.2, -0.15) is 13.2 Å². The van der Waals surface area contributed by atoms with Crippen molar-refractivity contribution >= 4 is 23.1 Å². The minimum Gasteiger partial charge on any atom is -0.384 e. The van der Waals surface area contributed by atoms with Crippen LogP contribution in [0.2, 0.25) is 0 Å². The molecule has 0 aliphatic carbocycles. The van der Waals surface area contributed by atoms with Gasteiger partial charge in [-0.25, -0.2) is 15.0 Å². The van der Waals surface area contributed by atoms with Crippen LogP contribution in [0.25, 0.3) is 11.5 Å². The lowest BCUT2D eigenvalue weighted by Gasteiger charge is -2.14. The maximum Gasteiger partial charge on any atom is 0.433 e. The number of nitrogen functional groups attached to an aromatic ring is 1. The van der Waals surface area contributed by atoms with E-state index in [1.165, 1.54) is 6.07 Å². The second kappa shape index (κ2) is 7.67. The summed E-state index contributed by atoms with van der Waals surface area (Å²) in [6, 6.07) is 9.07. The van der Waals surface area contributed by atoms with Gasteiger partial charge in [0, 0.05) is 24.0 Å². The third-order valence-electron chi connectivity index (χ3n) is 3.49. The van der Waals surface area contributed by atoms with Crippen LogP contribution >= 0.6 is 0 Å². The number of nitrogens with two attached hydrogens (primary N) is 1. The summed E-state index contributed by atoms with van der Waals surface area (Å²) >= 11 is 0. The van der Waals surface area contributed by atoms with E-state index in [-0.39, 0.29) is 17.6 Å². The molecular formula is C18H18F3N7. The third kappa shape index (κ3) is 4.84. The highest BCUT2D eigenvalue weighted by Gasteiger charge is 2.32. The van der Waals surface area contributed by atoms with Gasteiger partial charge in [0.25, 0.3) is 0 Å². The summed E-state index contributed by atoms with van der Waals surface area (Å²) in [5.74, 6) is 1.39. The van der Waals surface area contributed by atoms with Crippen molar-refractivity contribution in [2.45, 2.75) is 26.1 Å². The van der Waals surface area contributed by atoms with Gasteiger partial charge in [0.05, 0.1) is 0 Å². The Morgan fingerprint density at radius 2 is 1.75 bits per heavy atom. The van der Waals surface area contributed by atoms with Gasteiger partial charge in [-0.05, 0) is 38.1 Å². The second-order valence-electron chi connectivity index (χ2n) is 6.26. The van der Waals surface area contributed by atoms with Crippen molar-refractivity contribution in [1.29, 1.82) is 0 Å². The molecule has 28 heavy (non-hydrogen) atoms. The summed E-state index contributed by atoms with van der Waals surface area (Å²) in [5, 5.41) is 6.01. The van der Waals surface area contributed by atoms with Crippen LogP contribution in [-0.4, -0.2) is 26.0 Å². The standard InChI is InChI=1S/C18H18F3N7/c1-10(2)24-15-9-16(25-11-6-7-23-13(8-11)18(19,20)21)28-17(27-15)12-4-3-5-14(22)26-12/h3-10H,1-2H3,(H2,22,26)(H2,23,24,25,27,28). The first-order chi connectivity index (χ1) is 13.2. The molecule has 3 aromatic rings. The molecule has 0 saturated heterocycles. The number of pyridine rings is 2. The molecule has 146 valence electrons. The third-order valence-corrected chi connectivity index (χ3v) is 3.49. The van der Waals surface area contributed by atoms with Gasteiger partial charge in [0.2, 0.25) is 0 Å². The Balaban J connectivity index is 1.99. The van der Waals surface area contributed by atoms with E-state index in [0.29, 0.717) is 23.1 Å². The lowest BCUT2D eigenvalue weighted by Crippen LogP contribution is -2.13. The average molecular weight is 389 g/mol. The molecule has 3 rings (SSSR count). The number of anilines is 4. The Bertz CT molecular complexity index is 973. The highest BCUT2D eigenvalue weighted by atomic mass is 19.4. The first-order valence-electron chi connectivity index (χ1n) is 8.39. The molecule has 0 saturated carbocycles. The number of hydrogen-bond acceptors (Lipinski definition) is 7. The summed E-state index contributed by atoms with van der Waals surface area (Å²) in [7, 11) is 0. The van der Waals surface area contributed by atoms with Gasteiger partial charge in [-0.1, -0.05) is 6.07 Å². The molecule has 7 nitrogen and oxygen atoms in total. The van der Waals surface area contributed by atoms with Gasteiger partial charge in [0.1, 0.15) is 28.8 Å². The number of halogens is 3. The number of nitrogens with one attached hydrogen (secondary N) is 2. The van der Waals surface area contributed by atoms with Crippen molar-refractivity contribution in [2.24, 2.45) is 0 Å². The number of aromatic nitrogens is 4. The zero-order valence-corrected chi connectivity index (χ0v) is 15.1. The lowest BCUT2D eigenvalue weighted by molar-refractivity contribution is -0.141. The first-order valence-corrected chi connectivity index (χ1v) is 8.39. The first kappa shape index (κ1) is 19.3. The Hall–Kier alpha value is -3.43. The predicted molar refractivity (Wildman–Crippen MR) is 101 cm³/mol. The molecule has 0 fully saturated rings. The molecule has 0 atom stereocenters. The Labute approximate surface area is 159 Å². The van der Waals surface area contributed by atoms with Crippen LogP contribution in [0.15, 0.2) is 42.6 Å². The van der Waals surface area contributed by atoms with E-state index < -0.39 is 11.9 Å². The van der Waals surface area contributed by atoms with Gasteiger partial charge in [-0.15, -0.1) is 0 Å². The molecule has 0 aliphatic rings. The summed E-state index contributed by atoms with van der Waals surface area (Å²) in [5.41, 5.74) is 5.37. The molecule has 0 amide bonds. The minimum absolute atomic E-state index is 0.0853. The van der Waals surface area contributed by atoms with E-state index in [4.69, 9.17) is 5.73 Å². The van der Waals surface area contributed by atoms with Crippen LogP contribution in [0.5, 0.6) is 0 Å². The van der Waals surface area contributed by atoms with E-state index in [1.807, 2.05) is 13.8 Å². The van der Waals surface area contributed by atoms with Gasteiger partial charge in [-0.3, -0.25) is 4.98 Å². The molecule has 3 heterocycles. The molecule has 10 heteroatoms. The molecule has 0 radical (unpaired) electrons. The molecule has 0 unspecified atom stereocenters. The molecule has 4 N–H and O–H groups in total. The maximum absolute atomic E-state index is 12.9. The van der Waals surface area contributed by atoms with Crippen molar-refractivity contribution < 1.29 is 13.2 Å². The fourth-order valence-corrected chi connectivity index (χ4v) is 2.38. The van der Waals surface area contributed by atoms with E-state index in [9.17, 15) is 13.2 Å². The SMILES string of the molecule is CC(C)Nc1cc(Nc2ccnc(C(F)(F)F)c2)nc(-c2cccc(N)n2)n1. The predicted octanol–water partition coefficient (Wildman–Crippen LogP) is 4.10. The van der Waals surface area contributed by atoms with Gasteiger partial charge in [0.15, 0.2) is 5.82 Å². The van der Waals surface area contributed by atoms with Crippen LogP contribution in [0.3, 0.4) is 0 Å². The van der Waals surface area contributed by atoms with E-state index in [1.54, 1.807) is 24.3 Å². The minimum atomic E-state index is -4.54. The molecule has 0 aromatic carbocycles. The number of hydrogen-bond donors (Lipinski definition) is 3. The van der Waals surface area contributed by atoms with Crippen LogP contribution in [0.4, 0.5) is 36.3 Å². The van der Waals surface area contributed by atoms with E-state index in [0.717, 1.165) is 12.3 Å². The highest BCUT2D eigenvalue weighted by Crippen LogP contribution is 2.30. The van der Waals surface area contributed by atoms with Crippen molar-refractivity contribution in [3.63, 3.8) is 0 Å². The number of alkyl halides is 3. The highest BCUT2D eigenvalue weighted by molar-refractivity contribution is 5.64. The molecule has 0 aliphatic heterocycles. The normalized spacial score (nSPS) is 11.5. The molecule has 3 aromatic heterocycles. The van der Waals surface area contributed by atoms with Crippen LogP contribution in [0.1, 0.15) is 19.5 Å². The largest absolute Gasteiger partial charge is 0.433 e. The average Bonchev–Trinajstić information content (AvgIpc) is 2.60. The Morgan fingerprint density at radius 1 is 1.00 bits per heavy atom. The van der Waals surface area contributed by atoms with Crippen LogP contribution in [0, 0.1) is 0 Å². The van der Waals surface area contributed by atoms with E-state index in [2.05, 4.69) is 30.6 Å². The Morgan fingerprint density at radius 3 is 2.43 bits per heavy atom. The van der Waals surface area contributed by atoms with Crippen molar-refractivity contribution in [3.05, 3.63) is 48.3 Å². The van der Waals surface area contributed by atoms with Crippen LogP contribution in [-0.2, 0) is 6.18 Å². The van der Waals surface area contributed by atoms with Crippen molar-refractivity contribution in [1.82, 2.24) is 19.9 Å². The monoisotopic (exact) mass is 389 g/mol.